The minimum Gasteiger partial charge on any atom is -0.304 e. The van der Waals surface area contributed by atoms with Crippen molar-refractivity contribution in [3.05, 3.63) is 33.6 Å². The Bertz CT molecular complexity index is 527. The van der Waals surface area contributed by atoms with Crippen molar-refractivity contribution in [1.29, 1.82) is 0 Å². The van der Waals surface area contributed by atoms with Crippen LogP contribution in [0.4, 0.5) is 5.82 Å². The Labute approximate surface area is 104 Å². The van der Waals surface area contributed by atoms with Crippen LogP contribution in [0.15, 0.2) is 18.2 Å². The molecule has 0 saturated heterocycles. The van der Waals surface area contributed by atoms with Crippen LogP contribution in [0.1, 0.15) is 40.0 Å². The van der Waals surface area contributed by atoms with Crippen LogP contribution >= 0.6 is 11.3 Å². The maximum Gasteiger partial charge on any atom is 0.266 e. The molecule has 2 rings (SSSR count). The number of rotatable bonds is 3. The molecule has 0 radical (unpaired) electrons. The third-order valence-corrected chi connectivity index (χ3v) is 3.42. The molecule has 0 atom stereocenters. The van der Waals surface area contributed by atoms with E-state index in [-0.39, 0.29) is 5.91 Å². The van der Waals surface area contributed by atoms with Crippen molar-refractivity contribution >= 4 is 23.1 Å². The summed E-state index contributed by atoms with van der Waals surface area (Å²) >= 11 is 1.48. The summed E-state index contributed by atoms with van der Waals surface area (Å²) < 4.78 is 0. The van der Waals surface area contributed by atoms with Crippen molar-refractivity contribution in [3.8, 4) is 0 Å². The molecule has 0 unspecified atom stereocenters. The molecule has 0 aliphatic heterocycles. The second-order valence-electron chi connectivity index (χ2n) is 4.23. The number of carbonyl (C=O) groups excluding carboxylic acids is 1. The van der Waals surface area contributed by atoms with E-state index in [9.17, 15) is 4.79 Å². The molecular weight excluding hydrogens is 234 g/mol. The van der Waals surface area contributed by atoms with E-state index in [0.29, 0.717) is 16.6 Å². The molecule has 17 heavy (non-hydrogen) atoms. The lowest BCUT2D eigenvalue weighted by Crippen LogP contribution is -2.10. The number of H-pyrrole nitrogens is 1. The highest BCUT2D eigenvalue weighted by Gasteiger charge is 2.11. The van der Waals surface area contributed by atoms with E-state index < -0.39 is 0 Å². The fourth-order valence-electron chi connectivity index (χ4n) is 1.43. The lowest BCUT2D eigenvalue weighted by molar-refractivity contribution is 0.103. The summed E-state index contributed by atoms with van der Waals surface area (Å²) in [6.45, 7) is 6.12. The van der Waals surface area contributed by atoms with Gasteiger partial charge in [-0.3, -0.25) is 9.89 Å². The van der Waals surface area contributed by atoms with E-state index >= 15 is 0 Å². The molecule has 0 spiro atoms. The maximum absolute atomic E-state index is 11.9. The zero-order valence-electron chi connectivity index (χ0n) is 10.1. The second-order valence-corrected chi connectivity index (χ2v) is 5.52. The second kappa shape index (κ2) is 4.71. The van der Waals surface area contributed by atoms with Crippen molar-refractivity contribution in [2.24, 2.45) is 0 Å². The van der Waals surface area contributed by atoms with Gasteiger partial charge in [0.25, 0.3) is 5.91 Å². The number of anilines is 1. The third-order valence-electron chi connectivity index (χ3n) is 2.43. The van der Waals surface area contributed by atoms with E-state index in [1.807, 2.05) is 25.1 Å². The van der Waals surface area contributed by atoms with Gasteiger partial charge in [0.1, 0.15) is 0 Å². The van der Waals surface area contributed by atoms with Crippen molar-refractivity contribution in [2.45, 2.75) is 26.7 Å². The number of amides is 1. The molecule has 2 aromatic rings. The van der Waals surface area contributed by atoms with Crippen LogP contribution < -0.4 is 5.32 Å². The Morgan fingerprint density at radius 3 is 2.76 bits per heavy atom. The first-order chi connectivity index (χ1) is 8.06. The summed E-state index contributed by atoms with van der Waals surface area (Å²) in [5.41, 5.74) is 1.02. The van der Waals surface area contributed by atoms with Crippen LogP contribution in [0.5, 0.6) is 0 Å². The SMILES string of the molecule is Cc1ccc(C(=O)Nc2cc(C(C)C)[nH]n2)s1. The minimum atomic E-state index is -0.107. The summed E-state index contributed by atoms with van der Waals surface area (Å²) in [5, 5.41) is 9.74. The Morgan fingerprint density at radius 1 is 1.47 bits per heavy atom. The lowest BCUT2D eigenvalue weighted by Gasteiger charge is -1.98. The first-order valence-electron chi connectivity index (χ1n) is 5.49. The van der Waals surface area contributed by atoms with Crippen LogP contribution in [-0.4, -0.2) is 16.1 Å². The number of hydrogen-bond acceptors (Lipinski definition) is 3. The first-order valence-corrected chi connectivity index (χ1v) is 6.31. The van der Waals surface area contributed by atoms with Crippen molar-refractivity contribution in [2.75, 3.05) is 5.32 Å². The van der Waals surface area contributed by atoms with Crippen LogP contribution in [-0.2, 0) is 0 Å². The van der Waals surface area contributed by atoms with Gasteiger partial charge in [0.15, 0.2) is 5.82 Å². The highest BCUT2D eigenvalue weighted by molar-refractivity contribution is 7.14. The molecule has 0 aliphatic rings. The largest absolute Gasteiger partial charge is 0.304 e. The number of thiophene rings is 1. The topological polar surface area (TPSA) is 57.8 Å². The summed E-state index contributed by atoms with van der Waals surface area (Å²) in [6.07, 6.45) is 0. The number of nitrogens with one attached hydrogen (secondary N) is 2. The highest BCUT2D eigenvalue weighted by atomic mass is 32.1. The number of aromatic amines is 1. The molecule has 2 aromatic heterocycles. The van der Waals surface area contributed by atoms with Crippen LogP contribution in [0, 0.1) is 6.92 Å². The summed E-state index contributed by atoms with van der Waals surface area (Å²) in [7, 11) is 0. The van der Waals surface area contributed by atoms with E-state index in [2.05, 4.69) is 29.4 Å². The molecule has 0 bridgehead atoms. The van der Waals surface area contributed by atoms with E-state index in [1.54, 1.807) is 0 Å². The molecule has 2 heterocycles. The average molecular weight is 249 g/mol. The van der Waals surface area contributed by atoms with Gasteiger partial charge in [0.2, 0.25) is 0 Å². The average Bonchev–Trinajstić information content (AvgIpc) is 2.86. The molecule has 0 fully saturated rings. The number of carbonyl (C=O) groups is 1. The Balaban J connectivity index is 2.07. The number of aromatic nitrogens is 2. The van der Waals surface area contributed by atoms with Gasteiger partial charge in [-0.1, -0.05) is 13.8 Å². The van der Waals surface area contributed by atoms with Gasteiger partial charge in [-0.2, -0.15) is 5.10 Å². The molecule has 5 heteroatoms. The van der Waals surface area contributed by atoms with Gasteiger partial charge < -0.3 is 5.32 Å². The molecule has 0 aliphatic carbocycles. The molecule has 1 amide bonds. The summed E-state index contributed by atoms with van der Waals surface area (Å²) in [5.74, 6) is 0.840. The molecule has 2 N–H and O–H groups in total. The fourth-order valence-corrected chi connectivity index (χ4v) is 2.19. The molecule has 4 nitrogen and oxygen atoms in total. The van der Waals surface area contributed by atoms with Crippen molar-refractivity contribution < 1.29 is 4.79 Å². The molecule has 0 saturated carbocycles. The van der Waals surface area contributed by atoms with Gasteiger partial charge in [-0.25, -0.2) is 0 Å². The normalized spacial score (nSPS) is 10.8. The quantitative estimate of drug-likeness (QED) is 0.877. The van der Waals surface area contributed by atoms with Crippen LogP contribution in [0.25, 0.3) is 0 Å². The number of hydrogen-bond donors (Lipinski definition) is 2. The smallest absolute Gasteiger partial charge is 0.266 e. The molecule has 0 aromatic carbocycles. The standard InChI is InChI=1S/C12H15N3OS/c1-7(2)9-6-11(15-14-9)13-12(16)10-5-4-8(3)17-10/h4-7H,1-3H3,(H2,13,14,15,16). The predicted octanol–water partition coefficient (Wildman–Crippen LogP) is 3.16. The minimum absolute atomic E-state index is 0.107. The van der Waals surface area contributed by atoms with E-state index in [1.165, 1.54) is 11.3 Å². The maximum atomic E-state index is 11.9. The van der Waals surface area contributed by atoms with Crippen LogP contribution in [0.3, 0.4) is 0 Å². The monoisotopic (exact) mass is 249 g/mol. The lowest BCUT2D eigenvalue weighted by atomic mass is 10.1. The Kier molecular flexibility index (Phi) is 3.28. The third kappa shape index (κ3) is 2.74. The zero-order valence-corrected chi connectivity index (χ0v) is 10.9. The Morgan fingerprint density at radius 2 is 2.24 bits per heavy atom. The van der Waals surface area contributed by atoms with E-state index in [0.717, 1.165) is 10.6 Å². The van der Waals surface area contributed by atoms with Crippen molar-refractivity contribution in [3.63, 3.8) is 0 Å². The first kappa shape index (κ1) is 11.9. The van der Waals surface area contributed by atoms with Gasteiger partial charge in [-0.15, -0.1) is 11.3 Å². The zero-order chi connectivity index (χ0) is 12.4. The predicted molar refractivity (Wildman–Crippen MR) is 69.7 cm³/mol. The number of nitrogens with zero attached hydrogens (tertiary/aromatic N) is 1. The molecular formula is C12H15N3OS. The summed E-state index contributed by atoms with van der Waals surface area (Å²) in [4.78, 5) is 13.7. The van der Waals surface area contributed by atoms with E-state index in [4.69, 9.17) is 0 Å². The Hall–Kier alpha value is -1.62. The van der Waals surface area contributed by atoms with Gasteiger partial charge in [0.05, 0.1) is 4.88 Å². The highest BCUT2D eigenvalue weighted by Crippen LogP contribution is 2.18. The fraction of sp³-hybridized carbons (Fsp3) is 0.333. The van der Waals surface area contributed by atoms with Crippen LogP contribution in [0.2, 0.25) is 0 Å². The van der Waals surface area contributed by atoms with Gasteiger partial charge in [-0.05, 0) is 25.0 Å². The van der Waals surface area contributed by atoms with Gasteiger partial charge in [0, 0.05) is 16.6 Å². The number of aryl methyl sites for hydroxylation is 1. The molecule has 90 valence electrons. The van der Waals surface area contributed by atoms with Crippen molar-refractivity contribution in [1.82, 2.24) is 10.2 Å². The summed E-state index contributed by atoms with van der Waals surface area (Å²) in [6, 6.07) is 5.62. The van der Waals surface area contributed by atoms with Gasteiger partial charge >= 0.3 is 0 Å².